The van der Waals surface area contributed by atoms with E-state index in [4.69, 9.17) is 4.74 Å². The number of ether oxygens (including phenoxy) is 2. The largest absolute Gasteiger partial charge is 0.464 e. The Kier molecular flexibility index (Phi) is 4.00. The van der Waals surface area contributed by atoms with Gasteiger partial charge in [-0.05, 0) is 26.0 Å². The highest BCUT2D eigenvalue weighted by Gasteiger charge is 2.66. The number of rotatable bonds is 3. The molecule has 0 saturated carbocycles. The standard InChI is InChI=1S/C15H13F3O4/c1-3-21-13(20)11-8-10-6-4-5-7-12(10)22-14(11,9(2)19)15(16,17)18/h4-8H,3H2,1-2H3. The van der Waals surface area contributed by atoms with Crippen molar-refractivity contribution in [3.8, 4) is 5.75 Å². The van der Waals surface area contributed by atoms with Gasteiger partial charge in [0, 0.05) is 5.56 Å². The number of halogens is 3. The molecule has 0 spiro atoms. The van der Waals surface area contributed by atoms with Crippen LogP contribution in [0.4, 0.5) is 13.2 Å². The van der Waals surface area contributed by atoms with Crippen LogP contribution >= 0.6 is 0 Å². The third-order valence-corrected chi connectivity index (χ3v) is 3.25. The summed E-state index contributed by atoms with van der Waals surface area (Å²) in [5, 5.41) is 0. The zero-order valence-corrected chi connectivity index (χ0v) is 11.9. The van der Waals surface area contributed by atoms with Crippen LogP contribution in [0, 0.1) is 0 Å². The van der Waals surface area contributed by atoms with Crippen molar-refractivity contribution in [2.45, 2.75) is 25.6 Å². The molecule has 2 rings (SSSR count). The molecule has 1 aliphatic heterocycles. The van der Waals surface area contributed by atoms with Gasteiger partial charge in [0.25, 0.3) is 5.60 Å². The van der Waals surface area contributed by atoms with Crippen LogP contribution in [0.15, 0.2) is 29.8 Å². The molecular formula is C15H13F3O4. The lowest BCUT2D eigenvalue weighted by atomic mass is 9.85. The molecule has 0 N–H and O–H groups in total. The van der Waals surface area contributed by atoms with Gasteiger partial charge < -0.3 is 9.47 Å². The summed E-state index contributed by atoms with van der Waals surface area (Å²) < 4.78 is 50.4. The summed E-state index contributed by atoms with van der Waals surface area (Å²) in [6.07, 6.45) is -4.11. The Balaban J connectivity index is 2.71. The van der Waals surface area contributed by atoms with Crippen LogP contribution in [-0.2, 0) is 14.3 Å². The van der Waals surface area contributed by atoms with Gasteiger partial charge in [0.1, 0.15) is 5.75 Å². The van der Waals surface area contributed by atoms with Gasteiger partial charge in [-0.15, -0.1) is 0 Å². The average molecular weight is 314 g/mol. The number of Topliss-reactive ketones (excluding diaryl/α,β-unsaturated/α-hetero) is 1. The summed E-state index contributed by atoms with van der Waals surface area (Å²) in [7, 11) is 0. The van der Waals surface area contributed by atoms with Crippen molar-refractivity contribution >= 4 is 17.8 Å². The predicted molar refractivity (Wildman–Crippen MR) is 71.1 cm³/mol. The lowest BCUT2D eigenvalue weighted by Crippen LogP contribution is -2.59. The number of benzene rings is 1. The molecule has 0 aromatic heterocycles. The molecule has 0 radical (unpaired) electrons. The van der Waals surface area contributed by atoms with Gasteiger partial charge in [0.15, 0.2) is 5.78 Å². The number of alkyl halides is 3. The highest BCUT2D eigenvalue weighted by atomic mass is 19.4. The molecule has 0 saturated heterocycles. The van der Waals surface area contributed by atoms with Gasteiger partial charge in [-0.2, -0.15) is 13.2 Å². The maximum Gasteiger partial charge on any atom is 0.440 e. The monoisotopic (exact) mass is 314 g/mol. The molecule has 0 amide bonds. The van der Waals surface area contributed by atoms with E-state index in [9.17, 15) is 22.8 Å². The summed E-state index contributed by atoms with van der Waals surface area (Å²) in [5.74, 6) is -2.69. The normalized spacial score (nSPS) is 20.5. The van der Waals surface area contributed by atoms with E-state index >= 15 is 0 Å². The maximum atomic E-state index is 13.6. The fourth-order valence-corrected chi connectivity index (χ4v) is 2.25. The van der Waals surface area contributed by atoms with E-state index in [1.165, 1.54) is 25.1 Å². The van der Waals surface area contributed by atoms with Crippen molar-refractivity contribution in [2.75, 3.05) is 6.61 Å². The first-order valence-electron chi connectivity index (χ1n) is 6.49. The number of hydrogen-bond donors (Lipinski definition) is 0. The Hall–Kier alpha value is -2.31. The number of hydrogen-bond acceptors (Lipinski definition) is 4. The van der Waals surface area contributed by atoms with E-state index in [1.807, 2.05) is 0 Å². The summed E-state index contributed by atoms with van der Waals surface area (Å²) in [4.78, 5) is 23.8. The minimum absolute atomic E-state index is 0.121. The maximum absolute atomic E-state index is 13.6. The zero-order chi connectivity index (χ0) is 16.5. The highest BCUT2D eigenvalue weighted by Crippen LogP contribution is 2.46. The van der Waals surface area contributed by atoms with Crippen molar-refractivity contribution in [1.29, 1.82) is 0 Å². The van der Waals surface area contributed by atoms with Crippen molar-refractivity contribution < 1.29 is 32.2 Å². The molecule has 118 valence electrons. The van der Waals surface area contributed by atoms with Crippen LogP contribution in [0.2, 0.25) is 0 Å². The van der Waals surface area contributed by atoms with Crippen molar-refractivity contribution in [2.24, 2.45) is 0 Å². The Morgan fingerprint density at radius 2 is 1.91 bits per heavy atom. The fourth-order valence-electron chi connectivity index (χ4n) is 2.25. The number of fused-ring (bicyclic) bond motifs is 1. The zero-order valence-electron chi connectivity index (χ0n) is 11.9. The summed E-state index contributed by atoms with van der Waals surface area (Å²) in [6, 6.07) is 5.84. The van der Waals surface area contributed by atoms with Crippen LogP contribution in [0.25, 0.3) is 6.08 Å². The quantitative estimate of drug-likeness (QED) is 0.805. The molecule has 7 heteroatoms. The smallest absolute Gasteiger partial charge is 0.440 e. The second kappa shape index (κ2) is 5.47. The van der Waals surface area contributed by atoms with E-state index in [-0.39, 0.29) is 17.9 Å². The second-order valence-corrected chi connectivity index (χ2v) is 4.65. The highest BCUT2D eigenvalue weighted by molar-refractivity contribution is 6.07. The molecule has 4 nitrogen and oxygen atoms in total. The predicted octanol–water partition coefficient (Wildman–Crippen LogP) is 2.92. The van der Waals surface area contributed by atoms with Gasteiger partial charge >= 0.3 is 12.1 Å². The number of carbonyl (C=O) groups excluding carboxylic acids is 2. The lowest BCUT2D eigenvalue weighted by molar-refractivity contribution is -0.229. The molecule has 0 fully saturated rings. The van der Waals surface area contributed by atoms with E-state index in [0.29, 0.717) is 0 Å². The second-order valence-electron chi connectivity index (χ2n) is 4.65. The molecule has 0 aliphatic carbocycles. The van der Waals surface area contributed by atoms with Crippen LogP contribution in [0.5, 0.6) is 5.75 Å². The van der Waals surface area contributed by atoms with E-state index in [1.54, 1.807) is 6.07 Å². The van der Waals surface area contributed by atoms with Gasteiger partial charge in [0.05, 0.1) is 12.2 Å². The van der Waals surface area contributed by atoms with Gasteiger partial charge in [-0.3, -0.25) is 4.79 Å². The van der Waals surface area contributed by atoms with E-state index in [2.05, 4.69) is 4.74 Å². The van der Waals surface area contributed by atoms with Crippen molar-refractivity contribution in [1.82, 2.24) is 0 Å². The summed E-state index contributed by atoms with van der Waals surface area (Å²) in [5.41, 5.74) is -3.95. The first kappa shape index (κ1) is 16.1. The van der Waals surface area contributed by atoms with E-state index < -0.39 is 29.1 Å². The molecule has 1 aliphatic rings. The topological polar surface area (TPSA) is 52.6 Å². The van der Waals surface area contributed by atoms with Crippen molar-refractivity contribution in [3.63, 3.8) is 0 Å². The molecule has 1 aromatic carbocycles. The van der Waals surface area contributed by atoms with Crippen LogP contribution in [0.3, 0.4) is 0 Å². The first-order chi connectivity index (χ1) is 10.2. The summed E-state index contributed by atoms with van der Waals surface area (Å²) >= 11 is 0. The molecule has 0 bridgehead atoms. The van der Waals surface area contributed by atoms with E-state index in [0.717, 1.165) is 13.0 Å². The SMILES string of the molecule is CCOC(=O)C1=Cc2ccccc2OC1(C(C)=O)C(F)(F)F. The minimum atomic E-state index is -5.11. The van der Waals surface area contributed by atoms with Crippen molar-refractivity contribution in [3.05, 3.63) is 35.4 Å². The van der Waals surface area contributed by atoms with Crippen LogP contribution in [0.1, 0.15) is 19.4 Å². The average Bonchev–Trinajstić information content (AvgIpc) is 2.44. The van der Waals surface area contributed by atoms with Crippen LogP contribution < -0.4 is 4.74 Å². The Morgan fingerprint density at radius 3 is 2.45 bits per heavy atom. The Labute approximate surface area is 124 Å². The number of esters is 1. The number of para-hydroxylation sites is 1. The number of carbonyl (C=O) groups is 2. The Bertz CT molecular complexity index is 648. The third-order valence-electron chi connectivity index (χ3n) is 3.25. The molecular weight excluding hydrogens is 301 g/mol. The Morgan fingerprint density at radius 1 is 1.27 bits per heavy atom. The van der Waals surface area contributed by atoms with Gasteiger partial charge in [-0.25, -0.2) is 4.79 Å². The fraction of sp³-hybridized carbons (Fsp3) is 0.333. The molecule has 1 aromatic rings. The first-order valence-corrected chi connectivity index (χ1v) is 6.49. The lowest BCUT2D eigenvalue weighted by Gasteiger charge is -2.37. The van der Waals surface area contributed by atoms with Gasteiger partial charge in [-0.1, -0.05) is 18.2 Å². The van der Waals surface area contributed by atoms with Crippen LogP contribution in [-0.4, -0.2) is 30.1 Å². The number of ketones is 1. The summed E-state index contributed by atoms with van der Waals surface area (Å²) in [6.45, 7) is 2.07. The molecule has 1 heterocycles. The molecule has 22 heavy (non-hydrogen) atoms. The van der Waals surface area contributed by atoms with Gasteiger partial charge in [0.2, 0.25) is 0 Å². The minimum Gasteiger partial charge on any atom is -0.464 e. The third kappa shape index (κ3) is 2.36. The molecule has 1 unspecified atom stereocenters. The molecule has 1 atom stereocenters.